The number of carbonyl (C=O) groups excluding carboxylic acids is 1. The predicted molar refractivity (Wildman–Crippen MR) is 124 cm³/mol. The Morgan fingerprint density at radius 1 is 1.21 bits per heavy atom. The third-order valence-electron chi connectivity index (χ3n) is 4.97. The molecular formula is C21H26Cl2N4OS. The fourth-order valence-electron chi connectivity index (χ4n) is 3.62. The molecule has 4 rings (SSSR count). The Morgan fingerprint density at radius 3 is 2.79 bits per heavy atom. The Bertz CT molecular complexity index is 916. The standard InChI is InChI=1S/C21H24N4OS.2ClH/c1-22-12-16-9-11-25(13-16)21(26)18-6-2-3-7-19(18)27-15-17-14-24-10-5-4-8-20(24)23-17;;/h2-8,10,14,16,22H,9,11-13,15H2,1H3;2*1H. The van der Waals surface area contributed by atoms with Crippen LogP contribution in [-0.4, -0.2) is 46.9 Å². The van der Waals surface area contributed by atoms with Crippen molar-refractivity contribution in [1.29, 1.82) is 0 Å². The van der Waals surface area contributed by atoms with Gasteiger partial charge in [-0.15, -0.1) is 36.6 Å². The van der Waals surface area contributed by atoms with Gasteiger partial charge in [-0.2, -0.15) is 0 Å². The van der Waals surface area contributed by atoms with Gasteiger partial charge in [0.25, 0.3) is 5.91 Å². The molecule has 0 aliphatic carbocycles. The summed E-state index contributed by atoms with van der Waals surface area (Å²) in [6.07, 6.45) is 5.13. The molecule has 1 aliphatic rings. The van der Waals surface area contributed by atoms with Crippen molar-refractivity contribution in [3.8, 4) is 0 Å². The molecule has 0 spiro atoms. The van der Waals surface area contributed by atoms with Crippen LogP contribution in [0.25, 0.3) is 5.65 Å². The number of halogens is 2. The molecule has 0 saturated carbocycles. The average Bonchev–Trinajstić information content (AvgIpc) is 3.33. The number of hydrogen-bond acceptors (Lipinski definition) is 4. The van der Waals surface area contributed by atoms with E-state index in [0.29, 0.717) is 5.92 Å². The fraction of sp³-hybridized carbons (Fsp3) is 0.333. The summed E-state index contributed by atoms with van der Waals surface area (Å²) in [7, 11) is 1.97. The smallest absolute Gasteiger partial charge is 0.254 e. The van der Waals surface area contributed by atoms with Crippen molar-refractivity contribution in [3.63, 3.8) is 0 Å². The van der Waals surface area contributed by atoms with Gasteiger partial charge in [0.15, 0.2) is 0 Å². The Labute approximate surface area is 188 Å². The highest BCUT2D eigenvalue weighted by Crippen LogP contribution is 2.28. The molecule has 1 saturated heterocycles. The number of aromatic nitrogens is 2. The normalized spacial score (nSPS) is 15.8. The summed E-state index contributed by atoms with van der Waals surface area (Å²) in [6, 6.07) is 13.9. The fourth-order valence-corrected chi connectivity index (χ4v) is 4.55. The van der Waals surface area contributed by atoms with Crippen LogP contribution < -0.4 is 5.32 Å². The second-order valence-corrected chi connectivity index (χ2v) is 7.96. The summed E-state index contributed by atoms with van der Waals surface area (Å²) in [5, 5.41) is 3.22. The van der Waals surface area contributed by atoms with Gasteiger partial charge in [0.1, 0.15) is 5.65 Å². The molecule has 5 nitrogen and oxygen atoms in total. The number of hydrogen-bond donors (Lipinski definition) is 1. The number of amides is 1. The van der Waals surface area contributed by atoms with Gasteiger partial charge in [0.05, 0.1) is 11.3 Å². The lowest BCUT2D eigenvalue weighted by Crippen LogP contribution is -2.30. The van der Waals surface area contributed by atoms with Crippen LogP contribution >= 0.6 is 36.6 Å². The summed E-state index contributed by atoms with van der Waals surface area (Å²) in [4.78, 5) is 20.7. The largest absolute Gasteiger partial charge is 0.338 e. The molecule has 0 bridgehead atoms. The zero-order chi connectivity index (χ0) is 18.6. The minimum Gasteiger partial charge on any atom is -0.338 e. The monoisotopic (exact) mass is 452 g/mol. The molecule has 3 aromatic rings. The molecule has 0 radical (unpaired) electrons. The van der Waals surface area contributed by atoms with Crippen LogP contribution in [0.5, 0.6) is 0 Å². The highest BCUT2D eigenvalue weighted by atomic mass is 35.5. The maximum Gasteiger partial charge on any atom is 0.254 e. The number of imidazole rings is 1. The van der Waals surface area contributed by atoms with Crippen molar-refractivity contribution in [2.24, 2.45) is 5.92 Å². The Kier molecular flexibility index (Phi) is 8.83. The number of fused-ring (bicyclic) bond motifs is 1. The van der Waals surface area contributed by atoms with E-state index in [9.17, 15) is 4.79 Å². The van der Waals surface area contributed by atoms with Crippen LogP contribution in [0.2, 0.25) is 0 Å². The zero-order valence-corrected chi connectivity index (χ0v) is 18.7. The van der Waals surface area contributed by atoms with Crippen molar-refractivity contribution in [1.82, 2.24) is 19.6 Å². The van der Waals surface area contributed by atoms with Gasteiger partial charge in [0, 0.05) is 36.1 Å². The van der Waals surface area contributed by atoms with Crippen molar-refractivity contribution < 1.29 is 4.79 Å². The van der Waals surface area contributed by atoms with Gasteiger partial charge in [-0.1, -0.05) is 18.2 Å². The molecule has 3 heterocycles. The van der Waals surface area contributed by atoms with E-state index < -0.39 is 0 Å². The first kappa shape index (κ1) is 23.5. The van der Waals surface area contributed by atoms with E-state index in [0.717, 1.165) is 53.6 Å². The number of nitrogens with one attached hydrogen (secondary N) is 1. The van der Waals surface area contributed by atoms with Crippen LogP contribution in [-0.2, 0) is 5.75 Å². The summed E-state index contributed by atoms with van der Waals surface area (Å²) in [5.74, 6) is 1.44. The Hall–Kier alpha value is -1.73. The van der Waals surface area contributed by atoms with Crippen LogP contribution in [0.3, 0.4) is 0 Å². The molecule has 1 amide bonds. The van der Waals surface area contributed by atoms with Crippen molar-refractivity contribution in [2.75, 3.05) is 26.7 Å². The van der Waals surface area contributed by atoms with Gasteiger partial charge in [-0.3, -0.25) is 4.79 Å². The van der Waals surface area contributed by atoms with E-state index in [-0.39, 0.29) is 30.7 Å². The summed E-state index contributed by atoms with van der Waals surface area (Å²) in [5.41, 5.74) is 2.77. The molecule has 1 aliphatic heterocycles. The number of nitrogens with zero attached hydrogens (tertiary/aromatic N) is 3. The maximum atomic E-state index is 13.0. The van der Waals surface area contributed by atoms with E-state index in [1.807, 2.05) is 65.0 Å². The lowest BCUT2D eigenvalue weighted by atomic mass is 10.1. The van der Waals surface area contributed by atoms with Crippen molar-refractivity contribution in [3.05, 3.63) is 66.1 Å². The van der Waals surface area contributed by atoms with Gasteiger partial charge in [0.2, 0.25) is 0 Å². The van der Waals surface area contributed by atoms with E-state index in [1.165, 1.54) is 0 Å². The maximum absolute atomic E-state index is 13.0. The number of carbonyl (C=O) groups is 1. The molecule has 29 heavy (non-hydrogen) atoms. The molecule has 2 aromatic heterocycles. The number of pyridine rings is 1. The molecule has 1 atom stereocenters. The van der Waals surface area contributed by atoms with Crippen LogP contribution in [0.4, 0.5) is 0 Å². The number of thioether (sulfide) groups is 1. The number of benzene rings is 1. The van der Waals surface area contributed by atoms with E-state index >= 15 is 0 Å². The predicted octanol–water partition coefficient (Wildman–Crippen LogP) is 4.15. The van der Waals surface area contributed by atoms with Crippen LogP contribution in [0, 0.1) is 5.92 Å². The van der Waals surface area contributed by atoms with Crippen molar-refractivity contribution >= 4 is 48.1 Å². The first-order valence-corrected chi connectivity index (χ1v) is 10.3. The minimum atomic E-state index is 0. The molecule has 1 N–H and O–H groups in total. The molecule has 156 valence electrons. The Morgan fingerprint density at radius 2 is 2.00 bits per heavy atom. The third-order valence-corrected chi connectivity index (χ3v) is 6.08. The van der Waals surface area contributed by atoms with Gasteiger partial charge in [-0.05, 0) is 50.2 Å². The van der Waals surface area contributed by atoms with Gasteiger partial charge < -0.3 is 14.6 Å². The molecular weight excluding hydrogens is 427 g/mol. The lowest BCUT2D eigenvalue weighted by Gasteiger charge is -2.18. The zero-order valence-electron chi connectivity index (χ0n) is 16.3. The second kappa shape index (κ2) is 10.9. The number of rotatable bonds is 6. The van der Waals surface area contributed by atoms with E-state index in [1.54, 1.807) is 11.8 Å². The molecule has 1 fully saturated rings. The van der Waals surface area contributed by atoms with Crippen molar-refractivity contribution in [2.45, 2.75) is 17.1 Å². The van der Waals surface area contributed by atoms with Crippen LogP contribution in [0.15, 0.2) is 59.8 Å². The lowest BCUT2D eigenvalue weighted by molar-refractivity contribution is 0.0784. The quantitative estimate of drug-likeness (QED) is 0.570. The highest BCUT2D eigenvalue weighted by molar-refractivity contribution is 7.98. The second-order valence-electron chi connectivity index (χ2n) is 6.95. The molecule has 1 aromatic carbocycles. The summed E-state index contributed by atoms with van der Waals surface area (Å²) in [6.45, 7) is 2.65. The minimum absolute atomic E-state index is 0. The third kappa shape index (κ3) is 5.45. The van der Waals surface area contributed by atoms with Gasteiger partial charge in [-0.25, -0.2) is 4.98 Å². The summed E-state index contributed by atoms with van der Waals surface area (Å²) >= 11 is 1.68. The first-order chi connectivity index (χ1) is 13.2. The van der Waals surface area contributed by atoms with Crippen LogP contribution in [0.1, 0.15) is 22.5 Å². The SMILES string of the molecule is CNCC1CCN(C(=O)c2ccccc2SCc2cn3ccccc3n2)C1.Cl.Cl. The Balaban J connectivity index is 0.00000150. The highest BCUT2D eigenvalue weighted by Gasteiger charge is 2.27. The molecule has 1 unspecified atom stereocenters. The van der Waals surface area contributed by atoms with Gasteiger partial charge >= 0.3 is 0 Å². The first-order valence-electron chi connectivity index (χ1n) is 9.33. The van der Waals surface area contributed by atoms with E-state index in [2.05, 4.69) is 16.5 Å². The molecule has 8 heteroatoms. The number of likely N-dealkylation sites (tertiary alicyclic amines) is 1. The average molecular weight is 453 g/mol. The van der Waals surface area contributed by atoms with E-state index in [4.69, 9.17) is 0 Å². The summed E-state index contributed by atoms with van der Waals surface area (Å²) < 4.78 is 2.03. The topological polar surface area (TPSA) is 49.6 Å².